The summed E-state index contributed by atoms with van der Waals surface area (Å²) in [6.45, 7) is 2.60. The molecule has 0 saturated heterocycles. The molecule has 1 aromatic rings. The zero-order chi connectivity index (χ0) is 12.4. The summed E-state index contributed by atoms with van der Waals surface area (Å²) in [5.74, 6) is -1.30. The Morgan fingerprint density at radius 3 is 2.47 bits per heavy atom. The summed E-state index contributed by atoms with van der Waals surface area (Å²) in [5, 5.41) is 2.84. The van der Waals surface area contributed by atoms with Crippen molar-refractivity contribution in [1.29, 1.82) is 0 Å². The summed E-state index contributed by atoms with van der Waals surface area (Å²) < 4.78 is 32.3. The molecule has 0 atom stereocenters. The number of halogens is 2. The number of hydrogen-bond donors (Lipinski definition) is 2. The molecule has 1 aromatic carbocycles. The lowest BCUT2D eigenvalue weighted by atomic mass is 9.89. The van der Waals surface area contributed by atoms with E-state index >= 15 is 0 Å². The van der Waals surface area contributed by atoms with E-state index in [2.05, 4.69) is 5.32 Å². The number of nitrogens with two attached hydrogens (primary N) is 1. The van der Waals surface area contributed by atoms with Crippen LogP contribution in [0.15, 0.2) is 12.1 Å². The largest absolute Gasteiger partial charge is 0.399 e. The van der Waals surface area contributed by atoms with Gasteiger partial charge in [0, 0.05) is 18.3 Å². The van der Waals surface area contributed by atoms with Crippen LogP contribution < -0.4 is 11.1 Å². The molecule has 1 aliphatic rings. The minimum absolute atomic E-state index is 0.0687. The first-order chi connectivity index (χ1) is 8.10. The molecule has 0 aliphatic heterocycles. The molecule has 0 spiro atoms. The Kier molecular flexibility index (Phi) is 3.47. The number of nitrogens with one attached hydrogen (secondary N) is 1. The first-order valence-electron chi connectivity index (χ1n) is 5.72. The van der Waals surface area contributed by atoms with Gasteiger partial charge in [0.1, 0.15) is 5.69 Å². The van der Waals surface area contributed by atoms with Crippen molar-refractivity contribution in [2.24, 2.45) is 0 Å². The highest BCUT2D eigenvalue weighted by Crippen LogP contribution is 2.30. The Balaban J connectivity index is 1.97. The van der Waals surface area contributed by atoms with E-state index in [1.54, 1.807) is 0 Å². The van der Waals surface area contributed by atoms with Gasteiger partial charge < -0.3 is 15.8 Å². The van der Waals surface area contributed by atoms with E-state index in [1.807, 2.05) is 6.92 Å². The van der Waals surface area contributed by atoms with E-state index < -0.39 is 11.6 Å². The van der Waals surface area contributed by atoms with Crippen LogP contribution in [0.2, 0.25) is 0 Å². The van der Waals surface area contributed by atoms with Crippen molar-refractivity contribution in [3.63, 3.8) is 0 Å². The lowest BCUT2D eigenvalue weighted by Gasteiger charge is -2.36. The molecular formula is C12H16F2N2O. The molecule has 1 aliphatic carbocycles. The molecule has 0 aromatic heterocycles. The second-order valence-corrected chi connectivity index (χ2v) is 4.25. The molecule has 0 bridgehead atoms. The minimum Gasteiger partial charge on any atom is -0.399 e. The van der Waals surface area contributed by atoms with Gasteiger partial charge in [-0.25, -0.2) is 8.78 Å². The summed E-state index contributed by atoms with van der Waals surface area (Å²) in [7, 11) is 0. The van der Waals surface area contributed by atoms with E-state index in [-0.39, 0.29) is 23.5 Å². The first-order valence-corrected chi connectivity index (χ1v) is 5.72. The molecule has 0 heterocycles. The van der Waals surface area contributed by atoms with Crippen LogP contribution in [0, 0.1) is 11.6 Å². The van der Waals surface area contributed by atoms with Crippen LogP contribution in [-0.4, -0.2) is 18.8 Å². The normalized spacial score (nSPS) is 23.2. The van der Waals surface area contributed by atoms with Gasteiger partial charge in [0.15, 0.2) is 11.6 Å². The fraction of sp³-hybridized carbons (Fsp3) is 0.500. The average Bonchev–Trinajstić information content (AvgIpc) is 2.18. The number of rotatable bonds is 4. The van der Waals surface area contributed by atoms with Crippen LogP contribution in [0.5, 0.6) is 0 Å². The van der Waals surface area contributed by atoms with Gasteiger partial charge in [-0.05, 0) is 31.9 Å². The smallest absolute Gasteiger partial charge is 0.151 e. The Hall–Kier alpha value is -1.36. The molecule has 0 amide bonds. The fourth-order valence-corrected chi connectivity index (χ4v) is 1.99. The van der Waals surface area contributed by atoms with E-state index in [1.165, 1.54) is 0 Å². The van der Waals surface area contributed by atoms with Crippen molar-refractivity contribution in [3.8, 4) is 0 Å². The molecule has 0 unspecified atom stereocenters. The number of hydrogen-bond acceptors (Lipinski definition) is 3. The summed E-state index contributed by atoms with van der Waals surface area (Å²) in [6, 6.07) is 2.30. The highest BCUT2D eigenvalue weighted by atomic mass is 19.1. The maximum Gasteiger partial charge on any atom is 0.151 e. The third-order valence-electron chi connectivity index (χ3n) is 2.91. The standard InChI is InChI=1S/C12H16F2N2O/c1-2-17-9-5-8(6-9)16-12-10(13)3-7(15)4-11(12)14/h3-4,8-9,16H,2,5-6,15H2,1H3. The topological polar surface area (TPSA) is 47.3 Å². The van der Waals surface area contributed by atoms with Crippen molar-refractivity contribution in [3.05, 3.63) is 23.8 Å². The quantitative estimate of drug-likeness (QED) is 0.797. The second-order valence-electron chi connectivity index (χ2n) is 4.25. The van der Waals surface area contributed by atoms with Crippen LogP contribution >= 0.6 is 0 Å². The zero-order valence-electron chi connectivity index (χ0n) is 9.67. The molecule has 0 radical (unpaired) electrons. The highest BCUT2D eigenvalue weighted by molar-refractivity contribution is 5.54. The lowest BCUT2D eigenvalue weighted by molar-refractivity contribution is 0.00286. The van der Waals surface area contributed by atoms with Crippen molar-refractivity contribution >= 4 is 11.4 Å². The van der Waals surface area contributed by atoms with Crippen LogP contribution in [-0.2, 0) is 4.74 Å². The monoisotopic (exact) mass is 242 g/mol. The Bertz CT molecular complexity index is 382. The van der Waals surface area contributed by atoms with Crippen molar-refractivity contribution in [2.45, 2.75) is 31.9 Å². The SMILES string of the molecule is CCOC1CC(Nc2c(F)cc(N)cc2F)C1. The summed E-state index contributed by atoms with van der Waals surface area (Å²) >= 11 is 0. The molecule has 2 rings (SSSR count). The summed E-state index contributed by atoms with van der Waals surface area (Å²) in [5.41, 5.74) is 5.33. The third kappa shape index (κ3) is 2.66. The lowest BCUT2D eigenvalue weighted by Crippen LogP contribution is -2.41. The predicted molar refractivity (Wildman–Crippen MR) is 62.8 cm³/mol. The van der Waals surface area contributed by atoms with E-state index in [0.29, 0.717) is 6.61 Å². The number of benzene rings is 1. The van der Waals surface area contributed by atoms with Crippen molar-refractivity contribution in [2.75, 3.05) is 17.7 Å². The maximum absolute atomic E-state index is 13.5. The van der Waals surface area contributed by atoms with Crippen molar-refractivity contribution in [1.82, 2.24) is 0 Å². The van der Waals surface area contributed by atoms with E-state index in [0.717, 1.165) is 25.0 Å². The van der Waals surface area contributed by atoms with Gasteiger partial charge in [-0.3, -0.25) is 0 Å². The van der Waals surface area contributed by atoms with Crippen LogP contribution in [0.4, 0.5) is 20.2 Å². The van der Waals surface area contributed by atoms with E-state index in [9.17, 15) is 8.78 Å². The molecule has 17 heavy (non-hydrogen) atoms. The summed E-state index contributed by atoms with van der Waals surface area (Å²) in [6.07, 6.45) is 1.76. The number of anilines is 2. The molecule has 1 fully saturated rings. The molecule has 94 valence electrons. The summed E-state index contributed by atoms with van der Waals surface area (Å²) in [4.78, 5) is 0. The van der Waals surface area contributed by atoms with Crippen molar-refractivity contribution < 1.29 is 13.5 Å². The molecule has 5 heteroatoms. The van der Waals surface area contributed by atoms with Gasteiger partial charge in [0.25, 0.3) is 0 Å². The van der Waals surface area contributed by atoms with Gasteiger partial charge in [-0.1, -0.05) is 0 Å². The Labute approximate surface area is 98.9 Å². The van der Waals surface area contributed by atoms with Crippen LogP contribution in [0.1, 0.15) is 19.8 Å². The molecular weight excluding hydrogens is 226 g/mol. The average molecular weight is 242 g/mol. The van der Waals surface area contributed by atoms with Gasteiger partial charge in [-0.15, -0.1) is 0 Å². The molecule has 3 nitrogen and oxygen atoms in total. The number of nitrogen functional groups attached to an aromatic ring is 1. The van der Waals surface area contributed by atoms with Gasteiger partial charge in [0.2, 0.25) is 0 Å². The molecule has 1 saturated carbocycles. The Morgan fingerprint density at radius 1 is 1.35 bits per heavy atom. The van der Waals surface area contributed by atoms with Crippen LogP contribution in [0.25, 0.3) is 0 Å². The fourth-order valence-electron chi connectivity index (χ4n) is 1.99. The maximum atomic E-state index is 13.5. The highest BCUT2D eigenvalue weighted by Gasteiger charge is 2.30. The first kappa shape index (κ1) is 12.1. The zero-order valence-corrected chi connectivity index (χ0v) is 9.67. The second kappa shape index (κ2) is 4.87. The van der Waals surface area contributed by atoms with Crippen LogP contribution in [0.3, 0.4) is 0 Å². The third-order valence-corrected chi connectivity index (χ3v) is 2.91. The van der Waals surface area contributed by atoms with Gasteiger partial charge in [0.05, 0.1) is 6.10 Å². The molecule has 3 N–H and O–H groups in total. The van der Waals surface area contributed by atoms with Gasteiger partial charge >= 0.3 is 0 Å². The number of ether oxygens (including phenoxy) is 1. The minimum atomic E-state index is -0.651. The van der Waals surface area contributed by atoms with E-state index in [4.69, 9.17) is 10.5 Å². The van der Waals surface area contributed by atoms with Gasteiger partial charge in [-0.2, -0.15) is 0 Å². The predicted octanol–water partition coefficient (Wildman–Crippen LogP) is 2.53. The Morgan fingerprint density at radius 2 is 1.94 bits per heavy atom.